The molecule has 3 aromatic rings. The molecule has 0 radical (unpaired) electrons. The van der Waals surface area contributed by atoms with E-state index in [1.165, 1.54) is 12.4 Å². The van der Waals surface area contributed by atoms with E-state index in [2.05, 4.69) is 30.7 Å². The smallest absolute Gasteiger partial charge is 0.255 e. The lowest BCUT2D eigenvalue weighted by molar-refractivity contribution is -0.134. The van der Waals surface area contributed by atoms with Gasteiger partial charge < -0.3 is 10.1 Å². The number of unbranched alkanes of at least 4 members (excludes halogenated alkanes) is 1. The number of carbonyl (C=O) groups excluding carboxylic acids is 1. The highest BCUT2D eigenvalue weighted by Gasteiger charge is 2.47. The SMILES string of the molecule is N=NN(/C=C/Cc1ccccn1)CCCCc1ccc(NC(=O)Cc2cncc(OC3CC(F)(F)C3)c2)nn1. The van der Waals surface area contributed by atoms with Crippen LogP contribution in [-0.2, 0) is 24.1 Å². The number of anilines is 1. The third-order valence-corrected chi connectivity index (χ3v) is 6.01. The summed E-state index contributed by atoms with van der Waals surface area (Å²) in [5, 5.41) is 16.1. The molecule has 2 N–H and O–H groups in total. The quantitative estimate of drug-likeness (QED) is 0.169. The zero-order valence-electron chi connectivity index (χ0n) is 21.3. The molecule has 1 aliphatic rings. The maximum absolute atomic E-state index is 13.0. The molecule has 1 saturated carbocycles. The molecule has 1 fully saturated rings. The zero-order chi connectivity index (χ0) is 27.5. The number of nitrogens with one attached hydrogen (secondary N) is 2. The molecule has 3 aromatic heterocycles. The van der Waals surface area contributed by atoms with Crippen LogP contribution < -0.4 is 10.1 Å². The average Bonchev–Trinajstić information content (AvgIpc) is 2.90. The van der Waals surface area contributed by atoms with E-state index < -0.39 is 12.0 Å². The summed E-state index contributed by atoms with van der Waals surface area (Å²) in [5.74, 6) is -2.27. The maximum atomic E-state index is 13.0. The molecular formula is C27H30F2N8O2. The van der Waals surface area contributed by atoms with Crippen molar-refractivity contribution < 1.29 is 18.3 Å². The highest BCUT2D eigenvalue weighted by Crippen LogP contribution is 2.39. The van der Waals surface area contributed by atoms with Crippen molar-refractivity contribution in [3.05, 3.63) is 84.2 Å². The van der Waals surface area contributed by atoms with Gasteiger partial charge in [-0.3, -0.25) is 19.8 Å². The van der Waals surface area contributed by atoms with Crippen LogP contribution in [0.5, 0.6) is 5.75 Å². The Morgan fingerprint density at radius 1 is 1.18 bits per heavy atom. The predicted molar refractivity (Wildman–Crippen MR) is 139 cm³/mol. The Hall–Kier alpha value is -4.35. The Bertz CT molecular complexity index is 1250. The average molecular weight is 537 g/mol. The van der Waals surface area contributed by atoms with Crippen molar-refractivity contribution in [3.8, 4) is 5.75 Å². The molecule has 10 nitrogen and oxygen atoms in total. The minimum Gasteiger partial charge on any atom is -0.488 e. The standard InChI is InChI=1S/C27H30F2N8O2/c28-27(29)16-24(17-27)39-23-14-20(18-31-19-23)15-26(38)33-25-10-9-22(34-35-25)7-2-4-12-37(36-30)13-5-8-21-6-1-3-11-32-21/h1,3,5-6,9-11,13-14,18-19,24,30H,2,4,7-8,12,15-17H2,(H,33,35,38)/b13-5+,36-30?. The number of amides is 1. The van der Waals surface area contributed by atoms with Gasteiger partial charge in [0, 0.05) is 50.1 Å². The van der Waals surface area contributed by atoms with Gasteiger partial charge >= 0.3 is 0 Å². The molecule has 0 unspecified atom stereocenters. The fraction of sp³-hybridized carbons (Fsp3) is 0.370. The summed E-state index contributed by atoms with van der Waals surface area (Å²) in [5.41, 5.74) is 9.69. The van der Waals surface area contributed by atoms with Crippen molar-refractivity contribution in [1.82, 2.24) is 25.2 Å². The van der Waals surface area contributed by atoms with Crippen LogP contribution in [0.15, 0.2) is 72.5 Å². The number of carbonyl (C=O) groups is 1. The Morgan fingerprint density at radius 3 is 2.77 bits per heavy atom. The number of pyridine rings is 2. The highest BCUT2D eigenvalue weighted by atomic mass is 19.3. The molecule has 0 spiro atoms. The van der Waals surface area contributed by atoms with Crippen molar-refractivity contribution >= 4 is 11.7 Å². The predicted octanol–water partition coefficient (Wildman–Crippen LogP) is 4.95. The fourth-order valence-electron chi connectivity index (χ4n) is 3.99. The number of alkyl halides is 2. The van der Waals surface area contributed by atoms with Gasteiger partial charge in [0.05, 0.1) is 18.3 Å². The van der Waals surface area contributed by atoms with Crippen LogP contribution in [0, 0.1) is 5.53 Å². The number of halogens is 2. The van der Waals surface area contributed by atoms with E-state index in [0.29, 0.717) is 36.5 Å². The van der Waals surface area contributed by atoms with Crippen LogP contribution in [0.1, 0.15) is 42.6 Å². The Morgan fingerprint density at radius 2 is 2.05 bits per heavy atom. The number of aryl methyl sites for hydroxylation is 1. The van der Waals surface area contributed by atoms with Gasteiger partial charge in [-0.2, -0.15) is 10.6 Å². The van der Waals surface area contributed by atoms with Crippen LogP contribution >= 0.6 is 0 Å². The molecule has 1 amide bonds. The third-order valence-electron chi connectivity index (χ3n) is 6.01. The van der Waals surface area contributed by atoms with E-state index in [0.717, 1.165) is 24.2 Å². The minimum atomic E-state index is -2.66. The lowest BCUT2D eigenvalue weighted by atomic mass is 9.91. The molecule has 0 bridgehead atoms. The molecular weight excluding hydrogens is 506 g/mol. The van der Waals surface area contributed by atoms with E-state index in [1.807, 2.05) is 30.3 Å². The Balaban J connectivity index is 1.15. The molecule has 4 rings (SSSR count). The second-order valence-electron chi connectivity index (χ2n) is 9.30. The summed E-state index contributed by atoms with van der Waals surface area (Å²) in [6.07, 6.45) is 10.3. The van der Waals surface area contributed by atoms with Gasteiger partial charge in [-0.1, -0.05) is 17.4 Å². The van der Waals surface area contributed by atoms with Crippen LogP contribution in [0.2, 0.25) is 0 Å². The van der Waals surface area contributed by atoms with Crippen molar-refractivity contribution in [3.63, 3.8) is 0 Å². The summed E-state index contributed by atoms with van der Waals surface area (Å²) in [4.78, 5) is 20.7. The molecule has 0 aliphatic heterocycles. The first-order valence-electron chi connectivity index (χ1n) is 12.7. The number of rotatable bonds is 14. The normalized spacial score (nSPS) is 14.5. The summed E-state index contributed by atoms with van der Waals surface area (Å²) in [6.45, 7) is 0.609. The van der Waals surface area contributed by atoms with Crippen LogP contribution in [0.25, 0.3) is 0 Å². The number of hydrogen-bond donors (Lipinski definition) is 2. The topological polar surface area (TPSA) is 129 Å². The van der Waals surface area contributed by atoms with Crippen molar-refractivity contribution in [2.45, 2.75) is 57.0 Å². The van der Waals surface area contributed by atoms with Crippen LogP contribution in [-0.4, -0.2) is 49.7 Å². The molecule has 204 valence electrons. The Kier molecular flexibility index (Phi) is 9.54. The molecule has 39 heavy (non-hydrogen) atoms. The molecule has 12 heteroatoms. The number of allylic oxidation sites excluding steroid dienone is 1. The van der Waals surface area contributed by atoms with Gasteiger partial charge in [0.1, 0.15) is 11.9 Å². The van der Waals surface area contributed by atoms with Gasteiger partial charge in [0.2, 0.25) is 5.91 Å². The molecule has 3 heterocycles. The first-order chi connectivity index (χ1) is 18.9. The summed E-state index contributed by atoms with van der Waals surface area (Å²) in [6, 6.07) is 10.9. The number of aromatic nitrogens is 4. The van der Waals surface area contributed by atoms with Crippen LogP contribution in [0.3, 0.4) is 0 Å². The zero-order valence-corrected chi connectivity index (χ0v) is 21.3. The lowest BCUT2D eigenvalue weighted by Crippen LogP contribution is -2.43. The van der Waals surface area contributed by atoms with E-state index >= 15 is 0 Å². The van der Waals surface area contributed by atoms with Crippen molar-refractivity contribution in [1.29, 1.82) is 5.53 Å². The molecule has 1 aliphatic carbocycles. The van der Waals surface area contributed by atoms with Gasteiger partial charge in [-0.25, -0.2) is 8.78 Å². The summed E-state index contributed by atoms with van der Waals surface area (Å²) in [7, 11) is 0. The largest absolute Gasteiger partial charge is 0.488 e. The second-order valence-corrected chi connectivity index (χ2v) is 9.30. The highest BCUT2D eigenvalue weighted by molar-refractivity contribution is 5.91. The van der Waals surface area contributed by atoms with E-state index in [-0.39, 0.29) is 25.2 Å². The van der Waals surface area contributed by atoms with Crippen molar-refractivity contribution in [2.75, 3.05) is 11.9 Å². The Labute approximate surface area is 225 Å². The van der Waals surface area contributed by atoms with E-state index in [9.17, 15) is 13.6 Å². The number of nitrogens with zero attached hydrogens (tertiary/aromatic N) is 6. The molecule has 0 aromatic carbocycles. The minimum absolute atomic E-state index is 0.0301. The monoisotopic (exact) mass is 536 g/mol. The second kappa shape index (κ2) is 13.4. The maximum Gasteiger partial charge on any atom is 0.255 e. The number of hydrogen-bond acceptors (Lipinski definition) is 8. The molecule has 0 atom stereocenters. The number of ether oxygens (including phenoxy) is 1. The van der Waals surface area contributed by atoms with E-state index in [4.69, 9.17) is 10.3 Å². The van der Waals surface area contributed by atoms with E-state index in [1.54, 1.807) is 29.5 Å². The summed E-state index contributed by atoms with van der Waals surface area (Å²) >= 11 is 0. The fourth-order valence-corrected chi connectivity index (χ4v) is 3.99. The van der Waals surface area contributed by atoms with Gasteiger partial charge in [-0.05, 0) is 55.2 Å². The van der Waals surface area contributed by atoms with Gasteiger partial charge in [-0.15, -0.1) is 5.10 Å². The van der Waals surface area contributed by atoms with Crippen LogP contribution in [0.4, 0.5) is 14.6 Å². The first kappa shape index (κ1) is 27.7. The van der Waals surface area contributed by atoms with Gasteiger partial charge in [0.15, 0.2) is 5.82 Å². The van der Waals surface area contributed by atoms with Gasteiger partial charge in [0.25, 0.3) is 5.92 Å². The first-order valence-corrected chi connectivity index (χ1v) is 12.7. The van der Waals surface area contributed by atoms with Crippen molar-refractivity contribution in [2.24, 2.45) is 5.22 Å². The summed E-state index contributed by atoms with van der Waals surface area (Å²) < 4.78 is 31.5. The molecule has 0 saturated heterocycles. The third kappa shape index (κ3) is 9.16. The lowest BCUT2D eigenvalue weighted by Gasteiger charge is -2.34.